The average molecular weight is 357 g/mol. The van der Waals surface area contributed by atoms with Crippen molar-refractivity contribution in [3.05, 3.63) is 66.0 Å². The van der Waals surface area contributed by atoms with E-state index in [2.05, 4.69) is 20.8 Å². The lowest BCUT2D eigenvalue weighted by Gasteiger charge is -2.11. The van der Waals surface area contributed by atoms with Crippen molar-refractivity contribution in [2.75, 3.05) is 5.32 Å². The number of thioether (sulfide) groups is 1. The molecule has 0 saturated carbocycles. The summed E-state index contributed by atoms with van der Waals surface area (Å²) in [6.45, 7) is 2.27. The fraction of sp³-hybridized carbons (Fsp3) is 0.176. The lowest BCUT2D eigenvalue weighted by atomic mass is 10.2. The topological polar surface area (TPSA) is 72.7 Å². The van der Waals surface area contributed by atoms with Crippen LogP contribution in [-0.4, -0.2) is 31.4 Å². The number of halogens is 1. The van der Waals surface area contributed by atoms with Crippen LogP contribution in [0.15, 0.2) is 59.8 Å². The minimum Gasteiger partial charge on any atom is -0.325 e. The number of anilines is 1. The van der Waals surface area contributed by atoms with E-state index in [9.17, 15) is 9.18 Å². The summed E-state index contributed by atoms with van der Waals surface area (Å²) in [5.74, 6) is -0.644. The van der Waals surface area contributed by atoms with Gasteiger partial charge in [-0.15, -0.1) is 5.10 Å². The number of benzene rings is 2. The van der Waals surface area contributed by atoms with Crippen molar-refractivity contribution < 1.29 is 9.18 Å². The predicted octanol–water partition coefficient (Wildman–Crippen LogP) is 2.98. The van der Waals surface area contributed by atoms with Crippen LogP contribution in [0.4, 0.5) is 10.1 Å². The lowest BCUT2D eigenvalue weighted by Crippen LogP contribution is -2.23. The van der Waals surface area contributed by atoms with Crippen LogP contribution in [-0.2, 0) is 11.3 Å². The van der Waals surface area contributed by atoms with Crippen LogP contribution >= 0.6 is 11.8 Å². The monoisotopic (exact) mass is 357 g/mol. The number of amides is 1. The summed E-state index contributed by atoms with van der Waals surface area (Å²) >= 11 is 1.25. The van der Waals surface area contributed by atoms with Gasteiger partial charge in [-0.2, -0.15) is 0 Å². The van der Waals surface area contributed by atoms with Crippen molar-refractivity contribution in [2.45, 2.75) is 23.9 Å². The highest BCUT2D eigenvalue weighted by Gasteiger charge is 2.19. The summed E-state index contributed by atoms with van der Waals surface area (Å²) < 4.78 is 14.8. The second-order valence-electron chi connectivity index (χ2n) is 5.36. The van der Waals surface area contributed by atoms with Gasteiger partial charge in [0.15, 0.2) is 0 Å². The van der Waals surface area contributed by atoms with E-state index in [1.54, 1.807) is 23.7 Å². The molecule has 2 aromatic carbocycles. The second-order valence-corrected chi connectivity index (χ2v) is 6.67. The van der Waals surface area contributed by atoms with Gasteiger partial charge in [0.2, 0.25) is 11.1 Å². The van der Waals surface area contributed by atoms with Crippen molar-refractivity contribution in [3.8, 4) is 0 Å². The summed E-state index contributed by atoms with van der Waals surface area (Å²) in [7, 11) is 0. The maximum absolute atomic E-state index is 13.2. The molecule has 0 radical (unpaired) electrons. The number of tetrazole rings is 1. The fourth-order valence-electron chi connectivity index (χ4n) is 2.16. The molecule has 0 aliphatic rings. The van der Waals surface area contributed by atoms with Crippen molar-refractivity contribution in [3.63, 3.8) is 0 Å². The molecule has 0 fully saturated rings. The Balaban J connectivity index is 1.64. The van der Waals surface area contributed by atoms with Gasteiger partial charge in [0.1, 0.15) is 5.82 Å². The highest BCUT2D eigenvalue weighted by molar-refractivity contribution is 8.00. The molecule has 0 bridgehead atoms. The third-order valence-electron chi connectivity index (χ3n) is 3.42. The number of rotatable bonds is 6. The SMILES string of the molecule is CC(Sc1nnnn1Cc1ccccc1)C(=O)Nc1cccc(F)c1. The van der Waals surface area contributed by atoms with E-state index in [1.807, 2.05) is 30.3 Å². The van der Waals surface area contributed by atoms with Crippen molar-refractivity contribution in [1.29, 1.82) is 0 Å². The standard InChI is InChI=1S/C17H16FN5OS/c1-12(16(24)19-15-9-5-8-14(18)10-15)25-17-20-21-22-23(17)11-13-6-3-2-4-7-13/h2-10,12H,11H2,1H3,(H,19,24). The van der Waals surface area contributed by atoms with Gasteiger partial charge in [0.05, 0.1) is 11.8 Å². The zero-order valence-corrected chi connectivity index (χ0v) is 14.3. The molecular weight excluding hydrogens is 341 g/mol. The Morgan fingerprint density at radius 3 is 2.80 bits per heavy atom. The maximum Gasteiger partial charge on any atom is 0.237 e. The summed E-state index contributed by atoms with van der Waals surface area (Å²) in [5, 5.41) is 14.4. The molecule has 3 aromatic rings. The van der Waals surface area contributed by atoms with Crippen LogP contribution in [0.2, 0.25) is 0 Å². The van der Waals surface area contributed by atoms with Gasteiger partial charge in [-0.05, 0) is 41.1 Å². The first-order chi connectivity index (χ1) is 12.1. The Kier molecular flexibility index (Phi) is 5.39. The number of hydrogen-bond acceptors (Lipinski definition) is 5. The van der Waals surface area contributed by atoms with Crippen LogP contribution in [0.3, 0.4) is 0 Å². The zero-order valence-electron chi connectivity index (χ0n) is 13.5. The largest absolute Gasteiger partial charge is 0.325 e. The number of hydrogen-bond donors (Lipinski definition) is 1. The highest BCUT2D eigenvalue weighted by Crippen LogP contribution is 2.22. The molecule has 1 aromatic heterocycles. The molecule has 3 rings (SSSR count). The van der Waals surface area contributed by atoms with Crippen molar-refractivity contribution in [2.24, 2.45) is 0 Å². The smallest absolute Gasteiger partial charge is 0.237 e. The Labute approximate surface area is 148 Å². The number of nitrogens with one attached hydrogen (secondary N) is 1. The number of carbonyl (C=O) groups excluding carboxylic acids is 1. The minimum atomic E-state index is -0.441. The van der Waals surface area contributed by atoms with Gasteiger partial charge in [0, 0.05) is 5.69 Å². The molecule has 1 heterocycles. The maximum atomic E-state index is 13.2. The van der Waals surface area contributed by atoms with Gasteiger partial charge in [0.25, 0.3) is 0 Å². The van der Waals surface area contributed by atoms with Crippen LogP contribution in [0.25, 0.3) is 0 Å². The predicted molar refractivity (Wildman–Crippen MR) is 93.7 cm³/mol. The fourth-order valence-corrected chi connectivity index (χ4v) is 2.95. The molecule has 0 saturated heterocycles. The van der Waals surface area contributed by atoms with Gasteiger partial charge in [-0.25, -0.2) is 9.07 Å². The van der Waals surface area contributed by atoms with Crippen LogP contribution in [0, 0.1) is 5.82 Å². The van der Waals surface area contributed by atoms with Crippen molar-refractivity contribution >= 4 is 23.4 Å². The Morgan fingerprint density at radius 1 is 1.24 bits per heavy atom. The first-order valence-corrected chi connectivity index (χ1v) is 8.53. The molecule has 1 N–H and O–H groups in total. The van der Waals surface area contributed by atoms with Crippen molar-refractivity contribution in [1.82, 2.24) is 20.2 Å². The minimum absolute atomic E-state index is 0.245. The quantitative estimate of drug-likeness (QED) is 0.687. The van der Waals surface area contributed by atoms with E-state index in [1.165, 1.54) is 23.9 Å². The number of aromatic nitrogens is 4. The van der Waals surface area contributed by atoms with Crippen LogP contribution < -0.4 is 5.32 Å². The van der Waals surface area contributed by atoms with Crippen LogP contribution in [0.5, 0.6) is 0 Å². The molecule has 1 atom stereocenters. The summed E-state index contributed by atoms with van der Waals surface area (Å²) in [6, 6.07) is 15.6. The van der Waals surface area contributed by atoms with Gasteiger partial charge < -0.3 is 5.32 Å². The second kappa shape index (κ2) is 7.89. The molecule has 6 nitrogen and oxygen atoms in total. The molecule has 1 amide bonds. The summed E-state index contributed by atoms with van der Waals surface area (Å²) in [5.41, 5.74) is 1.48. The molecule has 128 valence electrons. The Bertz CT molecular complexity index is 855. The summed E-state index contributed by atoms with van der Waals surface area (Å²) in [4.78, 5) is 12.3. The molecule has 25 heavy (non-hydrogen) atoms. The third kappa shape index (κ3) is 4.63. The normalized spacial score (nSPS) is 11.9. The summed E-state index contributed by atoms with van der Waals surface area (Å²) in [6.07, 6.45) is 0. The van der Waals surface area contributed by atoms with Gasteiger partial charge >= 0.3 is 0 Å². The Hall–Kier alpha value is -2.74. The molecule has 0 spiro atoms. The molecule has 0 aliphatic carbocycles. The first kappa shape index (κ1) is 17.1. The number of nitrogens with zero attached hydrogens (tertiary/aromatic N) is 4. The van der Waals surface area contributed by atoms with E-state index < -0.39 is 11.1 Å². The molecule has 0 aliphatic heterocycles. The van der Waals surface area contributed by atoms with Gasteiger partial charge in [-0.3, -0.25) is 4.79 Å². The van der Waals surface area contributed by atoms with E-state index >= 15 is 0 Å². The van der Waals surface area contributed by atoms with E-state index in [0.717, 1.165) is 5.56 Å². The van der Waals surface area contributed by atoms with Gasteiger partial charge in [-0.1, -0.05) is 48.2 Å². The molecule has 1 unspecified atom stereocenters. The Morgan fingerprint density at radius 2 is 2.04 bits per heavy atom. The molecular formula is C17H16FN5OS. The molecule has 8 heteroatoms. The van der Waals surface area contributed by atoms with E-state index in [4.69, 9.17) is 0 Å². The zero-order chi connectivity index (χ0) is 17.6. The average Bonchev–Trinajstić information content (AvgIpc) is 3.02. The van der Waals surface area contributed by atoms with E-state index in [0.29, 0.717) is 17.4 Å². The first-order valence-electron chi connectivity index (χ1n) is 7.65. The lowest BCUT2D eigenvalue weighted by molar-refractivity contribution is -0.115. The highest BCUT2D eigenvalue weighted by atomic mass is 32.2. The third-order valence-corrected chi connectivity index (χ3v) is 4.49. The van der Waals surface area contributed by atoms with E-state index in [-0.39, 0.29) is 5.91 Å². The van der Waals surface area contributed by atoms with Crippen LogP contribution in [0.1, 0.15) is 12.5 Å². The number of carbonyl (C=O) groups is 1.